The average molecular weight is 470 g/mol. The van der Waals surface area contributed by atoms with Gasteiger partial charge in [0, 0.05) is 36.7 Å². The number of alkyl halides is 3. The summed E-state index contributed by atoms with van der Waals surface area (Å²) >= 11 is 1.37. The summed E-state index contributed by atoms with van der Waals surface area (Å²) < 4.78 is 64.1. The lowest BCUT2D eigenvalue weighted by atomic mass is 10.0. The van der Waals surface area contributed by atoms with Crippen LogP contribution in [0.2, 0.25) is 0 Å². The zero-order valence-electron chi connectivity index (χ0n) is 17.5. The molecule has 11 heteroatoms. The number of aryl methyl sites for hydroxylation is 1. The molecule has 0 bridgehead atoms. The number of ether oxygens (including phenoxy) is 1. The molecule has 0 saturated carbocycles. The number of rotatable bonds is 8. The number of hydrogen-bond donors (Lipinski definition) is 1. The summed E-state index contributed by atoms with van der Waals surface area (Å²) in [6.45, 7) is 2.05. The van der Waals surface area contributed by atoms with Crippen LogP contribution >= 0.6 is 11.9 Å². The van der Waals surface area contributed by atoms with Crippen LogP contribution in [-0.4, -0.2) is 26.5 Å². The molecule has 0 fully saturated rings. The summed E-state index contributed by atoms with van der Waals surface area (Å²) in [5, 5.41) is 0. The SMILES string of the molecule is CCCCSNc1cc(-c2ccc(=O)n(C)c2)nc(OC2=C(C(F)(F)F)CCC=C2F)n1. The molecule has 0 aliphatic heterocycles. The van der Waals surface area contributed by atoms with Crippen LogP contribution in [0.15, 0.2) is 52.4 Å². The van der Waals surface area contributed by atoms with Crippen LogP contribution in [0.3, 0.4) is 0 Å². The molecule has 0 spiro atoms. The number of hydrogen-bond acceptors (Lipinski definition) is 6. The Hall–Kier alpha value is -2.82. The van der Waals surface area contributed by atoms with Gasteiger partial charge in [0.15, 0.2) is 11.6 Å². The quantitative estimate of drug-likeness (QED) is 0.310. The predicted molar refractivity (Wildman–Crippen MR) is 116 cm³/mol. The number of unbranched alkanes of at least 4 members (excludes halogenated alkanes) is 1. The minimum Gasteiger partial charge on any atom is -0.421 e. The fourth-order valence-electron chi connectivity index (χ4n) is 2.92. The molecule has 2 aromatic rings. The first kappa shape index (κ1) is 23.8. The van der Waals surface area contributed by atoms with Crippen molar-refractivity contribution >= 4 is 17.8 Å². The predicted octanol–water partition coefficient (Wildman–Crippen LogP) is 5.54. The molecule has 6 nitrogen and oxygen atoms in total. The summed E-state index contributed by atoms with van der Waals surface area (Å²) in [5.41, 5.74) is -0.508. The Morgan fingerprint density at radius 1 is 1.28 bits per heavy atom. The van der Waals surface area contributed by atoms with E-state index in [0.717, 1.165) is 24.7 Å². The van der Waals surface area contributed by atoms with Crippen molar-refractivity contribution in [1.82, 2.24) is 14.5 Å². The maximum Gasteiger partial charge on any atom is 0.416 e. The molecule has 1 aliphatic rings. The zero-order valence-corrected chi connectivity index (χ0v) is 18.3. The minimum absolute atomic E-state index is 0.0760. The van der Waals surface area contributed by atoms with Gasteiger partial charge in [-0.1, -0.05) is 25.3 Å². The van der Waals surface area contributed by atoms with Gasteiger partial charge in [-0.05, 0) is 31.4 Å². The van der Waals surface area contributed by atoms with Crippen LogP contribution in [0.4, 0.5) is 23.4 Å². The summed E-state index contributed by atoms with van der Waals surface area (Å²) in [7, 11) is 1.56. The summed E-state index contributed by atoms with van der Waals surface area (Å²) in [6, 6.07) is 4.02. The molecule has 0 atom stereocenters. The number of nitrogens with one attached hydrogen (secondary N) is 1. The largest absolute Gasteiger partial charge is 0.421 e. The third kappa shape index (κ3) is 5.90. The number of anilines is 1. The number of halogens is 4. The monoisotopic (exact) mass is 470 g/mol. The molecule has 0 saturated heterocycles. The molecule has 172 valence electrons. The first-order chi connectivity index (χ1) is 15.2. The fourth-order valence-corrected chi connectivity index (χ4v) is 3.71. The van der Waals surface area contributed by atoms with E-state index in [1.165, 1.54) is 34.8 Å². The van der Waals surface area contributed by atoms with E-state index in [-0.39, 0.29) is 17.8 Å². The summed E-state index contributed by atoms with van der Waals surface area (Å²) in [6.07, 6.45) is -0.690. The Morgan fingerprint density at radius 2 is 2.06 bits per heavy atom. The van der Waals surface area contributed by atoms with Crippen LogP contribution in [0.1, 0.15) is 32.6 Å². The van der Waals surface area contributed by atoms with Crippen molar-refractivity contribution in [2.45, 2.75) is 38.8 Å². The highest BCUT2D eigenvalue weighted by Crippen LogP contribution is 2.38. The van der Waals surface area contributed by atoms with E-state index in [1.54, 1.807) is 13.1 Å². The molecule has 0 aromatic carbocycles. The Labute approximate surface area is 186 Å². The van der Waals surface area contributed by atoms with Crippen molar-refractivity contribution in [2.75, 3.05) is 10.5 Å². The van der Waals surface area contributed by atoms with Gasteiger partial charge in [-0.15, -0.1) is 0 Å². The third-order valence-electron chi connectivity index (χ3n) is 4.61. The van der Waals surface area contributed by atoms with Gasteiger partial charge in [0.05, 0.1) is 11.3 Å². The number of allylic oxidation sites excluding steroid dienone is 3. The zero-order chi connectivity index (χ0) is 23.3. The molecule has 3 rings (SSSR count). The van der Waals surface area contributed by atoms with Gasteiger partial charge < -0.3 is 14.0 Å². The van der Waals surface area contributed by atoms with E-state index < -0.39 is 35.8 Å². The van der Waals surface area contributed by atoms with E-state index in [0.29, 0.717) is 11.3 Å². The lowest BCUT2D eigenvalue weighted by molar-refractivity contribution is -0.0968. The van der Waals surface area contributed by atoms with Gasteiger partial charge in [-0.2, -0.15) is 23.1 Å². The van der Waals surface area contributed by atoms with E-state index in [4.69, 9.17) is 4.74 Å². The molecule has 1 N–H and O–H groups in total. The van der Waals surface area contributed by atoms with Gasteiger partial charge >= 0.3 is 12.2 Å². The second kappa shape index (κ2) is 10.2. The Bertz CT molecular complexity index is 1100. The number of aromatic nitrogens is 3. The highest BCUT2D eigenvalue weighted by atomic mass is 32.2. The van der Waals surface area contributed by atoms with Crippen molar-refractivity contribution < 1.29 is 22.3 Å². The first-order valence-electron chi connectivity index (χ1n) is 9.97. The Balaban J connectivity index is 2.01. The molecular formula is C21H22F4N4O2S. The minimum atomic E-state index is -4.74. The standard InChI is InChI=1S/C21H22F4N4O2S/c1-3-4-10-32-28-17-11-16(13-8-9-18(30)29(2)12-13)26-20(27-17)31-19-14(21(23,24)25)6-5-7-15(19)22/h7-9,11-12H,3-6,10H2,1-2H3,(H,26,27,28). The van der Waals surface area contributed by atoms with E-state index in [2.05, 4.69) is 14.7 Å². The van der Waals surface area contributed by atoms with Crippen LogP contribution in [0.25, 0.3) is 11.3 Å². The molecule has 2 aromatic heterocycles. The Morgan fingerprint density at radius 3 is 2.75 bits per heavy atom. The fraction of sp³-hybridized carbons (Fsp3) is 0.381. The average Bonchev–Trinajstić information content (AvgIpc) is 2.74. The number of pyridine rings is 1. The molecular weight excluding hydrogens is 448 g/mol. The van der Waals surface area contributed by atoms with Gasteiger partial charge in [0.2, 0.25) is 5.56 Å². The normalized spacial score (nSPS) is 14.4. The van der Waals surface area contributed by atoms with Crippen LogP contribution in [-0.2, 0) is 7.05 Å². The van der Waals surface area contributed by atoms with Gasteiger partial charge in [0.25, 0.3) is 0 Å². The summed E-state index contributed by atoms with van der Waals surface area (Å²) in [4.78, 5) is 20.0. The van der Waals surface area contributed by atoms with Gasteiger partial charge in [0.1, 0.15) is 5.82 Å². The Kier molecular flexibility index (Phi) is 7.60. The molecule has 1 aliphatic carbocycles. The van der Waals surface area contributed by atoms with Crippen molar-refractivity contribution in [3.05, 3.63) is 58.0 Å². The van der Waals surface area contributed by atoms with E-state index in [1.807, 2.05) is 6.92 Å². The lowest BCUT2D eigenvalue weighted by Gasteiger charge is -2.19. The first-order valence-corrected chi connectivity index (χ1v) is 11.0. The van der Waals surface area contributed by atoms with Crippen molar-refractivity contribution in [3.63, 3.8) is 0 Å². The molecule has 2 heterocycles. The lowest BCUT2D eigenvalue weighted by Crippen LogP contribution is -2.20. The van der Waals surface area contributed by atoms with Crippen LogP contribution in [0.5, 0.6) is 6.01 Å². The maximum absolute atomic E-state index is 14.3. The molecule has 0 unspecified atom stereocenters. The highest BCUT2D eigenvalue weighted by Gasteiger charge is 2.39. The number of nitrogens with zero attached hydrogens (tertiary/aromatic N) is 3. The third-order valence-corrected chi connectivity index (χ3v) is 5.45. The highest BCUT2D eigenvalue weighted by molar-refractivity contribution is 8.00. The van der Waals surface area contributed by atoms with Gasteiger partial charge in [-0.3, -0.25) is 4.79 Å². The molecule has 0 radical (unpaired) electrons. The second-order valence-corrected chi connectivity index (χ2v) is 7.99. The topological polar surface area (TPSA) is 69.0 Å². The van der Waals surface area contributed by atoms with Crippen molar-refractivity contribution in [3.8, 4) is 17.3 Å². The van der Waals surface area contributed by atoms with Crippen LogP contribution in [0, 0.1) is 0 Å². The second-order valence-electron chi connectivity index (χ2n) is 7.09. The van der Waals surface area contributed by atoms with Crippen molar-refractivity contribution in [1.29, 1.82) is 0 Å². The van der Waals surface area contributed by atoms with E-state index >= 15 is 0 Å². The van der Waals surface area contributed by atoms with Gasteiger partial charge in [-0.25, -0.2) is 4.39 Å². The van der Waals surface area contributed by atoms with Crippen LogP contribution < -0.4 is 15.0 Å². The summed E-state index contributed by atoms with van der Waals surface area (Å²) in [5.74, 6) is -0.959. The smallest absolute Gasteiger partial charge is 0.416 e. The van der Waals surface area contributed by atoms with Crippen molar-refractivity contribution in [2.24, 2.45) is 7.05 Å². The van der Waals surface area contributed by atoms with E-state index in [9.17, 15) is 22.4 Å². The molecule has 32 heavy (non-hydrogen) atoms. The molecule has 0 amide bonds. The maximum atomic E-state index is 14.3.